The van der Waals surface area contributed by atoms with Gasteiger partial charge in [0.25, 0.3) is 0 Å². The van der Waals surface area contributed by atoms with Crippen LogP contribution in [0, 0.1) is 18.8 Å². The van der Waals surface area contributed by atoms with Crippen LogP contribution in [0.5, 0.6) is 0 Å². The quantitative estimate of drug-likeness (QED) is 0.797. The van der Waals surface area contributed by atoms with E-state index in [0.29, 0.717) is 12.1 Å². The van der Waals surface area contributed by atoms with E-state index in [9.17, 15) is 19.5 Å². The molecule has 0 saturated carbocycles. The highest BCUT2D eigenvalue weighted by molar-refractivity contribution is 6.22. The van der Waals surface area contributed by atoms with Crippen LogP contribution in [0.25, 0.3) is 0 Å². The van der Waals surface area contributed by atoms with Gasteiger partial charge in [0.2, 0.25) is 11.8 Å². The van der Waals surface area contributed by atoms with Gasteiger partial charge in [-0.3, -0.25) is 14.5 Å². The summed E-state index contributed by atoms with van der Waals surface area (Å²) in [6.45, 7) is 3.75. The fourth-order valence-electron chi connectivity index (χ4n) is 3.11. The standard InChI is InChI=1S/C20H19NO4/c1-12-3-5-14(6-4-12)11-17-13(2)18(22)21(19(17)23)16-9-7-15(8-10-16)20(24)25/h3-10,13,17H,11H2,1-2H3,(H,24,25)/p-1/t13-,17-/m1/s1. The number of anilines is 1. The largest absolute Gasteiger partial charge is 0.545 e. The molecule has 3 rings (SSSR count). The first-order valence-electron chi connectivity index (χ1n) is 8.13. The molecule has 1 aliphatic rings. The Morgan fingerprint density at radius 1 is 1.00 bits per heavy atom. The molecular formula is C20H18NO4-. The summed E-state index contributed by atoms with van der Waals surface area (Å²) in [6.07, 6.45) is 0.500. The Hall–Kier alpha value is -2.95. The maximum Gasteiger partial charge on any atom is 0.238 e. The number of nitrogens with zero attached hydrogens (tertiary/aromatic N) is 1. The first-order chi connectivity index (χ1) is 11.9. The summed E-state index contributed by atoms with van der Waals surface area (Å²) in [7, 11) is 0. The van der Waals surface area contributed by atoms with Crippen molar-refractivity contribution in [3.8, 4) is 0 Å². The van der Waals surface area contributed by atoms with Crippen LogP contribution in [0.3, 0.4) is 0 Å². The van der Waals surface area contributed by atoms with E-state index in [1.807, 2.05) is 31.2 Å². The number of imide groups is 1. The summed E-state index contributed by atoms with van der Waals surface area (Å²) in [5.74, 6) is -2.65. The molecular weight excluding hydrogens is 318 g/mol. The van der Waals surface area contributed by atoms with E-state index < -0.39 is 17.8 Å². The van der Waals surface area contributed by atoms with Crippen molar-refractivity contribution >= 4 is 23.5 Å². The molecule has 0 spiro atoms. The Labute approximate surface area is 145 Å². The molecule has 2 amide bonds. The molecule has 1 heterocycles. The molecule has 2 atom stereocenters. The zero-order valence-electron chi connectivity index (χ0n) is 14.1. The fraction of sp³-hybridized carbons (Fsp3) is 0.250. The molecule has 128 valence electrons. The Morgan fingerprint density at radius 3 is 2.16 bits per heavy atom. The number of carboxylic acid groups (broad SMARTS) is 1. The van der Waals surface area contributed by atoms with E-state index in [-0.39, 0.29) is 17.4 Å². The van der Waals surface area contributed by atoms with Gasteiger partial charge in [0.15, 0.2) is 0 Å². The molecule has 0 unspecified atom stereocenters. The lowest BCUT2D eigenvalue weighted by atomic mass is 9.90. The van der Waals surface area contributed by atoms with Crippen molar-refractivity contribution in [2.45, 2.75) is 20.3 Å². The van der Waals surface area contributed by atoms with Gasteiger partial charge in [-0.15, -0.1) is 0 Å². The number of aromatic carboxylic acids is 1. The molecule has 2 aromatic carbocycles. The molecule has 25 heavy (non-hydrogen) atoms. The van der Waals surface area contributed by atoms with Crippen LogP contribution in [0.2, 0.25) is 0 Å². The third-order valence-electron chi connectivity index (χ3n) is 4.69. The Kier molecular flexibility index (Phi) is 4.40. The summed E-state index contributed by atoms with van der Waals surface area (Å²) in [4.78, 5) is 37.3. The van der Waals surface area contributed by atoms with Crippen LogP contribution in [0.15, 0.2) is 48.5 Å². The number of carboxylic acids is 1. The van der Waals surface area contributed by atoms with Gasteiger partial charge in [0, 0.05) is 5.92 Å². The molecule has 5 nitrogen and oxygen atoms in total. The van der Waals surface area contributed by atoms with Crippen LogP contribution in [0.1, 0.15) is 28.4 Å². The van der Waals surface area contributed by atoms with Crippen LogP contribution >= 0.6 is 0 Å². The number of hydrogen-bond donors (Lipinski definition) is 0. The Bertz CT molecular complexity index is 824. The number of hydrogen-bond acceptors (Lipinski definition) is 4. The van der Waals surface area contributed by atoms with Gasteiger partial charge < -0.3 is 9.90 Å². The average Bonchev–Trinajstić information content (AvgIpc) is 2.80. The molecule has 0 radical (unpaired) electrons. The lowest BCUT2D eigenvalue weighted by Crippen LogP contribution is -2.31. The second kappa shape index (κ2) is 6.51. The van der Waals surface area contributed by atoms with Gasteiger partial charge in [-0.05, 0) is 36.6 Å². The molecule has 0 N–H and O–H groups in total. The topological polar surface area (TPSA) is 77.5 Å². The summed E-state index contributed by atoms with van der Waals surface area (Å²) >= 11 is 0. The van der Waals surface area contributed by atoms with Crippen LogP contribution in [-0.2, 0) is 16.0 Å². The lowest BCUT2D eigenvalue weighted by Gasteiger charge is -2.16. The Balaban J connectivity index is 1.84. The number of carbonyl (C=O) groups excluding carboxylic acids is 3. The van der Waals surface area contributed by atoms with E-state index >= 15 is 0 Å². The number of aryl methyl sites for hydroxylation is 1. The predicted octanol–water partition coefficient (Wildman–Crippen LogP) is 1.73. The zero-order valence-corrected chi connectivity index (χ0v) is 14.1. The summed E-state index contributed by atoms with van der Waals surface area (Å²) < 4.78 is 0. The number of benzene rings is 2. The minimum absolute atomic E-state index is 0.00657. The average molecular weight is 336 g/mol. The van der Waals surface area contributed by atoms with E-state index in [1.54, 1.807) is 6.92 Å². The monoisotopic (exact) mass is 336 g/mol. The molecule has 1 saturated heterocycles. The molecule has 5 heteroatoms. The second-order valence-electron chi connectivity index (χ2n) is 6.43. The van der Waals surface area contributed by atoms with Crippen LogP contribution in [-0.4, -0.2) is 17.8 Å². The highest BCUT2D eigenvalue weighted by Crippen LogP contribution is 2.33. The summed E-state index contributed by atoms with van der Waals surface area (Å²) in [5.41, 5.74) is 2.54. The Morgan fingerprint density at radius 2 is 1.60 bits per heavy atom. The summed E-state index contributed by atoms with van der Waals surface area (Å²) in [6, 6.07) is 13.5. The van der Waals surface area contributed by atoms with E-state index in [2.05, 4.69) is 0 Å². The van der Waals surface area contributed by atoms with Crippen molar-refractivity contribution < 1.29 is 19.5 Å². The predicted molar refractivity (Wildman–Crippen MR) is 90.8 cm³/mol. The van der Waals surface area contributed by atoms with Gasteiger partial charge >= 0.3 is 0 Å². The van der Waals surface area contributed by atoms with Crippen LogP contribution < -0.4 is 10.0 Å². The van der Waals surface area contributed by atoms with E-state index in [0.717, 1.165) is 16.0 Å². The van der Waals surface area contributed by atoms with Gasteiger partial charge in [0.05, 0.1) is 17.6 Å². The van der Waals surface area contributed by atoms with E-state index in [1.165, 1.54) is 24.3 Å². The number of rotatable bonds is 4. The lowest BCUT2D eigenvalue weighted by molar-refractivity contribution is -0.255. The SMILES string of the molecule is Cc1ccc(C[C@H]2C(=O)N(c3ccc(C(=O)[O-])cc3)C(=O)[C@@H]2C)cc1. The van der Waals surface area contributed by atoms with Gasteiger partial charge in [-0.25, -0.2) is 0 Å². The highest BCUT2D eigenvalue weighted by Gasteiger charge is 2.45. The third-order valence-corrected chi connectivity index (χ3v) is 4.69. The van der Waals surface area contributed by atoms with Crippen molar-refractivity contribution in [1.82, 2.24) is 0 Å². The molecule has 2 aromatic rings. The zero-order chi connectivity index (χ0) is 18.1. The molecule has 0 aliphatic carbocycles. The van der Waals surface area contributed by atoms with E-state index in [4.69, 9.17) is 0 Å². The smallest absolute Gasteiger partial charge is 0.238 e. The molecule has 0 bridgehead atoms. The molecule has 1 aliphatic heterocycles. The first kappa shape index (κ1) is 16.9. The van der Waals surface area contributed by atoms with Crippen molar-refractivity contribution in [1.29, 1.82) is 0 Å². The first-order valence-corrected chi connectivity index (χ1v) is 8.13. The normalized spacial score (nSPS) is 20.2. The van der Waals surface area contributed by atoms with Crippen molar-refractivity contribution in [2.75, 3.05) is 4.90 Å². The highest BCUT2D eigenvalue weighted by atomic mass is 16.4. The van der Waals surface area contributed by atoms with Crippen molar-refractivity contribution in [3.05, 3.63) is 65.2 Å². The minimum atomic E-state index is -1.30. The number of carbonyl (C=O) groups is 3. The third kappa shape index (κ3) is 3.18. The summed E-state index contributed by atoms with van der Waals surface area (Å²) in [5, 5.41) is 10.8. The fourth-order valence-corrected chi connectivity index (χ4v) is 3.11. The second-order valence-corrected chi connectivity index (χ2v) is 6.43. The van der Waals surface area contributed by atoms with Crippen LogP contribution in [0.4, 0.5) is 5.69 Å². The molecule has 0 aromatic heterocycles. The van der Waals surface area contributed by atoms with Crippen molar-refractivity contribution in [2.24, 2.45) is 11.8 Å². The van der Waals surface area contributed by atoms with Crippen molar-refractivity contribution in [3.63, 3.8) is 0 Å². The molecule has 1 fully saturated rings. The minimum Gasteiger partial charge on any atom is -0.545 e. The maximum absolute atomic E-state index is 12.8. The van der Waals surface area contributed by atoms with Gasteiger partial charge in [-0.2, -0.15) is 0 Å². The van der Waals surface area contributed by atoms with Gasteiger partial charge in [-0.1, -0.05) is 48.9 Å². The number of amides is 2. The maximum atomic E-state index is 12.8. The van der Waals surface area contributed by atoms with Gasteiger partial charge in [0.1, 0.15) is 0 Å².